The van der Waals surface area contributed by atoms with Crippen LogP contribution in [0.15, 0.2) is 12.4 Å². The van der Waals surface area contributed by atoms with Crippen LogP contribution < -0.4 is 11.1 Å². The van der Waals surface area contributed by atoms with Crippen LogP contribution in [0.25, 0.3) is 0 Å². The van der Waals surface area contributed by atoms with Crippen LogP contribution in [0.1, 0.15) is 43.1 Å². The lowest BCUT2D eigenvalue weighted by atomic mass is 9.75. The molecule has 1 amide bonds. The molecule has 3 N–H and O–H groups in total. The van der Waals surface area contributed by atoms with Crippen molar-refractivity contribution in [2.75, 3.05) is 5.73 Å². The predicted octanol–water partition coefficient (Wildman–Crippen LogP) is 1.12. The van der Waals surface area contributed by atoms with Crippen LogP contribution in [0.5, 0.6) is 0 Å². The van der Waals surface area contributed by atoms with E-state index in [1.165, 1.54) is 18.8 Å². The molecule has 0 saturated heterocycles. The second-order valence-electron chi connectivity index (χ2n) is 4.27. The van der Waals surface area contributed by atoms with E-state index in [1.807, 2.05) is 0 Å². The molecule has 0 aromatic carbocycles. The average Bonchev–Trinajstić information content (AvgIpc) is 2.23. The normalized spacial score (nSPS) is 17.6. The molecule has 86 valence electrons. The zero-order valence-corrected chi connectivity index (χ0v) is 9.36. The highest BCUT2D eigenvalue weighted by Gasteiger charge is 2.36. The van der Waals surface area contributed by atoms with E-state index in [4.69, 9.17) is 5.73 Å². The highest BCUT2D eigenvalue weighted by molar-refractivity contribution is 5.92. The third-order valence-electron chi connectivity index (χ3n) is 3.25. The highest BCUT2D eigenvalue weighted by atomic mass is 16.2. The first-order chi connectivity index (χ1) is 7.65. The van der Waals surface area contributed by atoms with Crippen molar-refractivity contribution >= 4 is 11.7 Å². The van der Waals surface area contributed by atoms with Crippen molar-refractivity contribution in [3.8, 4) is 0 Å². The number of hydrogen-bond donors (Lipinski definition) is 2. The molecule has 0 bridgehead atoms. The van der Waals surface area contributed by atoms with E-state index in [0.717, 1.165) is 19.3 Å². The predicted molar refractivity (Wildman–Crippen MR) is 60.8 cm³/mol. The number of hydrogen-bond acceptors (Lipinski definition) is 4. The molecule has 1 aliphatic carbocycles. The number of nitrogens with zero attached hydrogens (tertiary/aromatic N) is 2. The maximum absolute atomic E-state index is 11.9. The van der Waals surface area contributed by atoms with Gasteiger partial charge in [0.15, 0.2) is 0 Å². The maximum atomic E-state index is 11.9. The van der Waals surface area contributed by atoms with Gasteiger partial charge in [-0.05, 0) is 25.7 Å². The van der Waals surface area contributed by atoms with Gasteiger partial charge in [0.1, 0.15) is 11.5 Å². The first-order valence-corrected chi connectivity index (χ1v) is 5.55. The fourth-order valence-electron chi connectivity index (χ4n) is 1.97. The summed E-state index contributed by atoms with van der Waals surface area (Å²) in [5.41, 5.74) is 5.75. The number of nitrogens with two attached hydrogens (primary N) is 1. The number of carbonyl (C=O) groups is 1. The Morgan fingerprint density at radius 2 is 2.31 bits per heavy atom. The van der Waals surface area contributed by atoms with E-state index < -0.39 is 0 Å². The first-order valence-electron chi connectivity index (χ1n) is 5.55. The van der Waals surface area contributed by atoms with Crippen LogP contribution in [0.3, 0.4) is 0 Å². The molecular formula is C11H16N4O. The van der Waals surface area contributed by atoms with Gasteiger partial charge in [0.25, 0.3) is 5.91 Å². The summed E-state index contributed by atoms with van der Waals surface area (Å²) in [7, 11) is 0. The van der Waals surface area contributed by atoms with Gasteiger partial charge < -0.3 is 11.1 Å². The Morgan fingerprint density at radius 1 is 1.56 bits per heavy atom. The van der Waals surface area contributed by atoms with E-state index in [-0.39, 0.29) is 17.3 Å². The molecule has 2 rings (SSSR count). The topological polar surface area (TPSA) is 80.9 Å². The van der Waals surface area contributed by atoms with Gasteiger partial charge in [-0.15, -0.1) is 0 Å². The lowest BCUT2D eigenvalue weighted by molar-refractivity contribution is 0.0815. The van der Waals surface area contributed by atoms with Gasteiger partial charge >= 0.3 is 0 Å². The molecule has 1 aromatic heterocycles. The summed E-state index contributed by atoms with van der Waals surface area (Å²) in [4.78, 5) is 19.7. The molecule has 1 heterocycles. The minimum atomic E-state index is -0.179. The van der Waals surface area contributed by atoms with Gasteiger partial charge in [0.2, 0.25) is 0 Å². The van der Waals surface area contributed by atoms with Crippen molar-refractivity contribution in [2.24, 2.45) is 0 Å². The van der Waals surface area contributed by atoms with E-state index in [9.17, 15) is 4.79 Å². The third kappa shape index (κ3) is 1.98. The zero-order valence-electron chi connectivity index (χ0n) is 9.36. The van der Waals surface area contributed by atoms with Crippen molar-refractivity contribution in [1.82, 2.24) is 15.3 Å². The zero-order chi connectivity index (χ0) is 11.6. The summed E-state index contributed by atoms with van der Waals surface area (Å²) in [6.07, 6.45) is 7.09. The summed E-state index contributed by atoms with van der Waals surface area (Å²) < 4.78 is 0. The molecule has 1 aromatic rings. The van der Waals surface area contributed by atoms with Crippen LogP contribution in [0.4, 0.5) is 5.82 Å². The van der Waals surface area contributed by atoms with Crippen molar-refractivity contribution in [2.45, 2.75) is 38.1 Å². The summed E-state index contributed by atoms with van der Waals surface area (Å²) in [5.74, 6) is 0.0909. The van der Waals surface area contributed by atoms with Gasteiger partial charge in [-0.2, -0.15) is 0 Å². The molecule has 1 saturated carbocycles. The van der Waals surface area contributed by atoms with E-state index in [2.05, 4.69) is 22.2 Å². The van der Waals surface area contributed by atoms with Crippen molar-refractivity contribution in [3.63, 3.8) is 0 Å². The number of carbonyl (C=O) groups excluding carboxylic acids is 1. The van der Waals surface area contributed by atoms with E-state index in [0.29, 0.717) is 5.69 Å². The molecule has 5 nitrogen and oxygen atoms in total. The molecule has 0 spiro atoms. The molecule has 1 aliphatic rings. The molecule has 0 aliphatic heterocycles. The van der Waals surface area contributed by atoms with Crippen molar-refractivity contribution < 1.29 is 4.79 Å². The molecule has 0 radical (unpaired) electrons. The lowest BCUT2D eigenvalue weighted by Crippen LogP contribution is -2.53. The molecule has 16 heavy (non-hydrogen) atoms. The first kappa shape index (κ1) is 10.9. The average molecular weight is 220 g/mol. The summed E-state index contributed by atoms with van der Waals surface area (Å²) in [6.45, 7) is 2.09. The largest absolute Gasteiger partial charge is 0.382 e. The Labute approximate surface area is 94.5 Å². The smallest absolute Gasteiger partial charge is 0.272 e. The van der Waals surface area contributed by atoms with Crippen LogP contribution >= 0.6 is 0 Å². The van der Waals surface area contributed by atoms with Gasteiger partial charge in [-0.3, -0.25) is 9.78 Å². The van der Waals surface area contributed by atoms with Gasteiger partial charge in [0.05, 0.1) is 12.4 Å². The number of nitrogen functional groups attached to an aromatic ring is 1. The van der Waals surface area contributed by atoms with Crippen molar-refractivity contribution in [3.05, 3.63) is 18.1 Å². The number of nitrogens with one attached hydrogen (secondary N) is 1. The van der Waals surface area contributed by atoms with Crippen LogP contribution in [-0.4, -0.2) is 21.4 Å². The number of anilines is 1. The van der Waals surface area contributed by atoms with Crippen molar-refractivity contribution in [1.29, 1.82) is 0 Å². The number of rotatable bonds is 3. The third-order valence-corrected chi connectivity index (χ3v) is 3.25. The molecular weight excluding hydrogens is 204 g/mol. The van der Waals surface area contributed by atoms with Crippen LogP contribution in [0, 0.1) is 0 Å². The molecule has 0 unspecified atom stereocenters. The monoisotopic (exact) mass is 220 g/mol. The molecule has 0 atom stereocenters. The van der Waals surface area contributed by atoms with Gasteiger partial charge in [-0.1, -0.05) is 6.92 Å². The Balaban J connectivity index is 2.08. The molecule has 1 fully saturated rings. The van der Waals surface area contributed by atoms with Gasteiger partial charge in [-0.25, -0.2) is 4.98 Å². The second-order valence-corrected chi connectivity index (χ2v) is 4.27. The SMILES string of the molecule is CCC1(NC(=O)c2cncc(N)n2)CCC1. The van der Waals surface area contributed by atoms with E-state index >= 15 is 0 Å². The standard InChI is InChI=1S/C11H16N4O/c1-2-11(4-3-5-11)15-10(16)8-6-13-7-9(12)14-8/h6-7H,2-5H2,1H3,(H2,12,14)(H,15,16). The number of aromatic nitrogens is 2. The number of amides is 1. The Kier molecular flexibility index (Phi) is 2.77. The highest BCUT2D eigenvalue weighted by Crippen LogP contribution is 2.34. The second kappa shape index (κ2) is 4.08. The summed E-state index contributed by atoms with van der Waals surface area (Å²) >= 11 is 0. The minimum Gasteiger partial charge on any atom is -0.382 e. The Bertz CT molecular complexity index is 395. The Hall–Kier alpha value is -1.65. The summed E-state index contributed by atoms with van der Waals surface area (Å²) in [6, 6.07) is 0. The lowest BCUT2D eigenvalue weighted by Gasteiger charge is -2.41. The van der Waals surface area contributed by atoms with Crippen LogP contribution in [-0.2, 0) is 0 Å². The fraction of sp³-hybridized carbons (Fsp3) is 0.545. The fourth-order valence-corrected chi connectivity index (χ4v) is 1.97. The maximum Gasteiger partial charge on any atom is 0.272 e. The van der Waals surface area contributed by atoms with Gasteiger partial charge in [0, 0.05) is 5.54 Å². The van der Waals surface area contributed by atoms with E-state index in [1.54, 1.807) is 0 Å². The Morgan fingerprint density at radius 3 is 2.81 bits per heavy atom. The summed E-state index contributed by atoms with van der Waals surface area (Å²) in [5, 5.41) is 3.03. The van der Waals surface area contributed by atoms with Crippen LogP contribution in [0.2, 0.25) is 0 Å². The molecule has 5 heteroatoms. The quantitative estimate of drug-likeness (QED) is 0.799. The minimum absolute atomic E-state index is 0.0244.